The van der Waals surface area contributed by atoms with Crippen LogP contribution in [0, 0.1) is 0 Å². The Morgan fingerprint density at radius 3 is 2.68 bits per heavy atom. The third-order valence-corrected chi connectivity index (χ3v) is 6.90. The topological polar surface area (TPSA) is 72.7 Å². The number of benzene rings is 1. The van der Waals surface area contributed by atoms with Gasteiger partial charge in [0.1, 0.15) is 13.2 Å². The monoisotopic (exact) mass is 443 g/mol. The molecule has 1 saturated carbocycles. The second-order valence-electron chi connectivity index (χ2n) is 8.45. The highest BCUT2D eigenvalue weighted by Gasteiger charge is 2.32. The average molecular weight is 444 g/mol. The molecule has 166 valence electrons. The van der Waals surface area contributed by atoms with Gasteiger partial charge in [0.25, 0.3) is 0 Å². The van der Waals surface area contributed by atoms with Gasteiger partial charge in [0, 0.05) is 32.7 Å². The highest BCUT2D eigenvalue weighted by molar-refractivity contribution is 7.99. The van der Waals surface area contributed by atoms with Gasteiger partial charge in [-0.05, 0) is 49.8 Å². The lowest BCUT2D eigenvalue weighted by atomic mass is 10.1. The second kappa shape index (κ2) is 8.98. The van der Waals surface area contributed by atoms with E-state index in [-0.39, 0.29) is 5.91 Å². The molecule has 9 heteroatoms. The molecule has 1 saturated heterocycles. The molecule has 1 aliphatic carbocycles. The second-order valence-corrected chi connectivity index (χ2v) is 9.39. The van der Waals surface area contributed by atoms with Crippen molar-refractivity contribution in [3.05, 3.63) is 23.8 Å². The molecule has 5 rings (SSSR count). The molecule has 3 aliphatic rings. The van der Waals surface area contributed by atoms with Crippen molar-refractivity contribution in [2.75, 3.05) is 44.0 Å². The van der Waals surface area contributed by atoms with E-state index >= 15 is 0 Å². The van der Waals surface area contributed by atoms with Crippen LogP contribution in [0.15, 0.2) is 23.4 Å². The van der Waals surface area contributed by atoms with Crippen LogP contribution in [0.3, 0.4) is 0 Å². The van der Waals surface area contributed by atoms with E-state index < -0.39 is 0 Å². The maximum atomic E-state index is 12.8. The number of thioether (sulfide) groups is 1. The Morgan fingerprint density at radius 1 is 1.13 bits per heavy atom. The lowest BCUT2D eigenvalue weighted by Gasteiger charge is -2.27. The van der Waals surface area contributed by atoms with Crippen LogP contribution in [-0.4, -0.2) is 64.7 Å². The Balaban J connectivity index is 1.21. The molecule has 1 aromatic heterocycles. The number of nitrogens with zero attached hydrogens (tertiary/aromatic N) is 5. The third-order valence-electron chi connectivity index (χ3n) is 5.97. The van der Waals surface area contributed by atoms with Crippen molar-refractivity contribution in [1.29, 1.82) is 0 Å². The smallest absolute Gasteiger partial charge is 0.233 e. The fraction of sp³-hybridized carbons (Fsp3) is 0.591. The minimum Gasteiger partial charge on any atom is -0.486 e. The number of piperidine rings is 1. The molecule has 31 heavy (non-hydrogen) atoms. The number of rotatable bonds is 7. The van der Waals surface area contributed by atoms with E-state index in [1.165, 1.54) is 43.9 Å². The Morgan fingerprint density at radius 2 is 1.90 bits per heavy atom. The molecule has 0 bridgehead atoms. The molecule has 0 N–H and O–H groups in total. The third kappa shape index (κ3) is 4.61. The van der Waals surface area contributed by atoms with Gasteiger partial charge in [0.15, 0.2) is 16.7 Å². The van der Waals surface area contributed by atoms with Crippen LogP contribution >= 0.6 is 11.8 Å². The fourth-order valence-electron chi connectivity index (χ4n) is 4.11. The number of hydrogen-bond acceptors (Lipinski definition) is 7. The number of ether oxygens (including phenoxy) is 2. The number of amides is 1. The van der Waals surface area contributed by atoms with E-state index in [0.717, 1.165) is 41.3 Å². The summed E-state index contributed by atoms with van der Waals surface area (Å²) >= 11 is 1.50. The maximum Gasteiger partial charge on any atom is 0.233 e. The molecule has 1 aromatic carbocycles. The minimum absolute atomic E-state index is 0.0739. The number of fused-ring (bicyclic) bond motifs is 1. The van der Waals surface area contributed by atoms with E-state index in [2.05, 4.69) is 19.7 Å². The van der Waals surface area contributed by atoms with Crippen molar-refractivity contribution in [2.24, 2.45) is 0 Å². The van der Waals surface area contributed by atoms with Gasteiger partial charge in [0.05, 0.1) is 5.75 Å². The summed E-state index contributed by atoms with van der Waals surface area (Å²) in [5, 5.41) is 9.81. The van der Waals surface area contributed by atoms with Gasteiger partial charge in [-0.25, -0.2) is 0 Å². The van der Waals surface area contributed by atoms with Gasteiger partial charge in [-0.2, -0.15) is 0 Å². The van der Waals surface area contributed by atoms with Crippen LogP contribution in [0.5, 0.6) is 11.5 Å². The zero-order valence-electron chi connectivity index (χ0n) is 18.0. The number of hydrogen-bond donors (Lipinski definition) is 0. The predicted octanol–water partition coefficient (Wildman–Crippen LogP) is 3.13. The number of carbonyl (C=O) groups is 1. The van der Waals surface area contributed by atoms with Gasteiger partial charge in [-0.3, -0.25) is 9.36 Å². The Hall–Kier alpha value is -2.42. The summed E-state index contributed by atoms with van der Waals surface area (Å²) in [6.45, 7) is 3.76. The molecule has 3 heterocycles. The van der Waals surface area contributed by atoms with Gasteiger partial charge >= 0.3 is 0 Å². The van der Waals surface area contributed by atoms with E-state index in [9.17, 15) is 4.79 Å². The van der Waals surface area contributed by atoms with Crippen molar-refractivity contribution in [3.63, 3.8) is 0 Å². The quantitative estimate of drug-likeness (QED) is 0.609. The molecular formula is C22H29N5O3S. The van der Waals surface area contributed by atoms with E-state index in [1.807, 2.05) is 25.2 Å². The van der Waals surface area contributed by atoms with Gasteiger partial charge < -0.3 is 19.3 Å². The van der Waals surface area contributed by atoms with E-state index in [4.69, 9.17) is 9.47 Å². The van der Waals surface area contributed by atoms with Gasteiger partial charge in [-0.1, -0.05) is 17.8 Å². The Kier molecular flexibility index (Phi) is 5.93. The molecule has 2 aromatic rings. The first-order valence-corrected chi connectivity index (χ1v) is 12.1. The van der Waals surface area contributed by atoms with E-state index in [1.54, 1.807) is 4.90 Å². The first kappa shape index (κ1) is 20.5. The standard InChI is InChI=1S/C22H29N5O3S/c1-25(14-16-5-8-18-19(13-16)30-12-11-29-18)20(28)15-31-22-24-23-21(27(22)17-6-7-17)26-9-3-2-4-10-26/h5,8,13,17H,2-4,6-7,9-12,14-15H2,1H3. The van der Waals surface area contributed by atoms with Gasteiger partial charge in [0.2, 0.25) is 11.9 Å². The number of aromatic nitrogens is 3. The van der Waals surface area contributed by atoms with Crippen molar-refractivity contribution in [1.82, 2.24) is 19.7 Å². The van der Waals surface area contributed by atoms with Gasteiger partial charge in [-0.15, -0.1) is 10.2 Å². The van der Waals surface area contributed by atoms with Crippen LogP contribution in [0.2, 0.25) is 0 Å². The maximum absolute atomic E-state index is 12.8. The Labute approximate surface area is 186 Å². The molecule has 1 amide bonds. The summed E-state index contributed by atoms with van der Waals surface area (Å²) in [6.07, 6.45) is 6.06. The number of anilines is 1. The molecule has 2 fully saturated rings. The summed E-state index contributed by atoms with van der Waals surface area (Å²) in [6, 6.07) is 6.34. The summed E-state index contributed by atoms with van der Waals surface area (Å²) in [5.41, 5.74) is 1.03. The molecule has 0 atom stereocenters. The van der Waals surface area contributed by atoms with Crippen LogP contribution in [-0.2, 0) is 11.3 Å². The zero-order valence-corrected chi connectivity index (χ0v) is 18.8. The molecule has 0 spiro atoms. The normalized spacial score (nSPS) is 18.2. The lowest BCUT2D eigenvalue weighted by molar-refractivity contribution is -0.127. The van der Waals surface area contributed by atoms with Crippen molar-refractivity contribution in [2.45, 2.75) is 49.8 Å². The van der Waals surface area contributed by atoms with Crippen LogP contribution in [0.25, 0.3) is 0 Å². The molecule has 8 nitrogen and oxygen atoms in total. The van der Waals surface area contributed by atoms with Crippen LogP contribution < -0.4 is 14.4 Å². The van der Waals surface area contributed by atoms with Crippen molar-refractivity contribution >= 4 is 23.6 Å². The average Bonchev–Trinajstić information content (AvgIpc) is 3.56. The summed E-state index contributed by atoms with van der Waals surface area (Å²) in [5.74, 6) is 2.93. The van der Waals surface area contributed by atoms with Crippen molar-refractivity contribution in [3.8, 4) is 11.5 Å². The fourth-order valence-corrected chi connectivity index (χ4v) is 5.06. The lowest BCUT2D eigenvalue weighted by Crippen LogP contribution is -2.32. The minimum atomic E-state index is 0.0739. The Bertz CT molecular complexity index is 939. The molecular weight excluding hydrogens is 414 g/mol. The zero-order chi connectivity index (χ0) is 21.2. The number of carbonyl (C=O) groups excluding carboxylic acids is 1. The first-order valence-electron chi connectivity index (χ1n) is 11.1. The van der Waals surface area contributed by atoms with Crippen LogP contribution in [0.1, 0.15) is 43.7 Å². The summed E-state index contributed by atoms with van der Waals surface area (Å²) < 4.78 is 13.5. The largest absolute Gasteiger partial charge is 0.486 e. The predicted molar refractivity (Wildman–Crippen MR) is 119 cm³/mol. The SMILES string of the molecule is CN(Cc1ccc2c(c1)OCCO2)C(=O)CSc1nnc(N2CCCCC2)n1C1CC1. The molecule has 0 radical (unpaired) electrons. The van der Waals surface area contributed by atoms with E-state index in [0.29, 0.717) is 31.6 Å². The highest BCUT2D eigenvalue weighted by atomic mass is 32.2. The molecule has 0 unspecified atom stereocenters. The van der Waals surface area contributed by atoms with Crippen molar-refractivity contribution < 1.29 is 14.3 Å². The summed E-state index contributed by atoms with van der Waals surface area (Å²) in [4.78, 5) is 16.9. The summed E-state index contributed by atoms with van der Waals surface area (Å²) in [7, 11) is 1.84. The highest BCUT2D eigenvalue weighted by Crippen LogP contribution is 2.41. The van der Waals surface area contributed by atoms with Crippen LogP contribution in [0.4, 0.5) is 5.95 Å². The first-order chi connectivity index (χ1) is 15.2. The molecule has 2 aliphatic heterocycles.